The molecule has 4 rings (SSSR count). The van der Waals surface area contributed by atoms with Crippen LogP contribution in [0.1, 0.15) is 56.9 Å². The third-order valence-corrected chi connectivity index (χ3v) is 6.65. The number of ether oxygens (including phenoxy) is 2. The Balaban J connectivity index is 1.45. The van der Waals surface area contributed by atoms with Gasteiger partial charge in [-0.05, 0) is 50.5 Å². The van der Waals surface area contributed by atoms with Crippen molar-refractivity contribution < 1.29 is 14.3 Å². The first-order chi connectivity index (χ1) is 13.7. The summed E-state index contributed by atoms with van der Waals surface area (Å²) in [5.74, 6) is 2.17. The monoisotopic (exact) mass is 387 g/mol. The van der Waals surface area contributed by atoms with Gasteiger partial charge < -0.3 is 14.4 Å². The minimum absolute atomic E-state index is 0.309. The zero-order chi connectivity index (χ0) is 19.5. The molecule has 0 aromatic carbocycles. The predicted octanol–water partition coefficient (Wildman–Crippen LogP) is 3.24. The molecule has 1 amide bonds. The molecule has 2 unspecified atom stereocenters. The lowest BCUT2D eigenvalue weighted by molar-refractivity contribution is -0.139. The van der Waals surface area contributed by atoms with E-state index in [2.05, 4.69) is 14.8 Å². The SMILES string of the molecule is COc1ccc(CN(CC(=O)N2CCCC3CCCCC32)C2CC2)c(OC)n1. The van der Waals surface area contributed by atoms with Gasteiger partial charge in [0.1, 0.15) is 0 Å². The van der Waals surface area contributed by atoms with E-state index < -0.39 is 0 Å². The minimum atomic E-state index is 0.309. The van der Waals surface area contributed by atoms with Crippen LogP contribution < -0.4 is 9.47 Å². The third-order valence-electron chi connectivity index (χ3n) is 6.65. The van der Waals surface area contributed by atoms with Gasteiger partial charge in [0.25, 0.3) is 0 Å². The molecule has 6 nitrogen and oxygen atoms in total. The first-order valence-electron chi connectivity index (χ1n) is 10.8. The molecule has 1 aromatic rings. The number of aromatic nitrogens is 1. The molecular formula is C22H33N3O3. The molecule has 2 heterocycles. The lowest BCUT2D eigenvalue weighted by Crippen LogP contribution is -2.52. The maximum Gasteiger partial charge on any atom is 0.237 e. The number of hydrogen-bond donors (Lipinski definition) is 0. The maximum absolute atomic E-state index is 13.3. The number of hydrogen-bond acceptors (Lipinski definition) is 5. The Morgan fingerprint density at radius 1 is 1.11 bits per heavy atom. The van der Waals surface area contributed by atoms with E-state index in [0.717, 1.165) is 24.4 Å². The van der Waals surface area contributed by atoms with E-state index in [9.17, 15) is 4.79 Å². The van der Waals surface area contributed by atoms with E-state index in [1.807, 2.05) is 12.1 Å². The number of nitrogens with zero attached hydrogens (tertiary/aromatic N) is 3. The number of likely N-dealkylation sites (tertiary alicyclic amines) is 1. The van der Waals surface area contributed by atoms with E-state index in [-0.39, 0.29) is 0 Å². The summed E-state index contributed by atoms with van der Waals surface area (Å²) in [5, 5.41) is 0. The number of pyridine rings is 1. The van der Waals surface area contributed by atoms with Crippen LogP contribution >= 0.6 is 0 Å². The van der Waals surface area contributed by atoms with Gasteiger partial charge in [0.2, 0.25) is 17.7 Å². The quantitative estimate of drug-likeness (QED) is 0.719. The van der Waals surface area contributed by atoms with Crippen LogP contribution in [0.2, 0.25) is 0 Å². The molecule has 28 heavy (non-hydrogen) atoms. The number of amides is 1. The summed E-state index contributed by atoms with van der Waals surface area (Å²) in [6.45, 7) is 2.13. The summed E-state index contributed by atoms with van der Waals surface area (Å²) in [6, 6.07) is 4.85. The van der Waals surface area contributed by atoms with Crippen molar-refractivity contribution in [2.75, 3.05) is 27.3 Å². The lowest BCUT2D eigenvalue weighted by atomic mass is 9.78. The van der Waals surface area contributed by atoms with Gasteiger partial charge in [0.05, 0.1) is 20.8 Å². The van der Waals surface area contributed by atoms with E-state index >= 15 is 0 Å². The second kappa shape index (κ2) is 8.68. The van der Waals surface area contributed by atoms with Crippen LogP contribution in [-0.2, 0) is 11.3 Å². The van der Waals surface area contributed by atoms with E-state index in [4.69, 9.17) is 9.47 Å². The standard InChI is InChI=1S/C22H33N3O3/c1-27-20-12-9-17(22(23-20)28-2)14-24(18-10-11-18)15-21(26)25-13-5-7-16-6-3-4-8-19(16)25/h9,12,16,18-19H,3-8,10-11,13-15H2,1-2H3. The molecule has 1 aliphatic heterocycles. The van der Waals surface area contributed by atoms with Crippen molar-refractivity contribution >= 4 is 5.91 Å². The van der Waals surface area contributed by atoms with E-state index in [0.29, 0.717) is 42.8 Å². The summed E-state index contributed by atoms with van der Waals surface area (Å²) in [5.41, 5.74) is 1.01. The minimum Gasteiger partial charge on any atom is -0.481 e. The van der Waals surface area contributed by atoms with Gasteiger partial charge in [-0.15, -0.1) is 0 Å². The average Bonchev–Trinajstić information content (AvgIpc) is 3.58. The third kappa shape index (κ3) is 4.27. The number of methoxy groups -OCH3 is 2. The van der Waals surface area contributed by atoms with E-state index in [1.54, 1.807) is 14.2 Å². The highest BCUT2D eigenvalue weighted by molar-refractivity contribution is 5.79. The lowest BCUT2D eigenvalue weighted by Gasteiger charge is -2.44. The van der Waals surface area contributed by atoms with Crippen molar-refractivity contribution in [2.24, 2.45) is 5.92 Å². The first-order valence-corrected chi connectivity index (χ1v) is 10.8. The molecule has 2 aliphatic carbocycles. The summed E-state index contributed by atoms with van der Waals surface area (Å²) in [7, 11) is 3.24. The zero-order valence-electron chi connectivity index (χ0n) is 17.2. The summed E-state index contributed by atoms with van der Waals surface area (Å²) in [4.78, 5) is 22.2. The van der Waals surface area contributed by atoms with Crippen LogP contribution in [0.25, 0.3) is 0 Å². The molecule has 3 aliphatic rings. The van der Waals surface area contributed by atoms with Crippen molar-refractivity contribution in [1.29, 1.82) is 0 Å². The van der Waals surface area contributed by atoms with Gasteiger partial charge in [-0.2, -0.15) is 4.98 Å². The Morgan fingerprint density at radius 2 is 1.89 bits per heavy atom. The van der Waals surface area contributed by atoms with Crippen LogP contribution in [0.3, 0.4) is 0 Å². The van der Waals surface area contributed by atoms with Crippen molar-refractivity contribution in [3.8, 4) is 11.8 Å². The molecule has 2 atom stereocenters. The molecular weight excluding hydrogens is 354 g/mol. The Kier molecular flexibility index (Phi) is 6.04. The second-order valence-corrected chi connectivity index (χ2v) is 8.50. The Hall–Kier alpha value is -1.82. The molecule has 0 radical (unpaired) electrons. The van der Waals surface area contributed by atoms with Gasteiger partial charge in [-0.25, -0.2) is 0 Å². The maximum atomic E-state index is 13.3. The van der Waals surface area contributed by atoms with Crippen LogP contribution in [0.4, 0.5) is 0 Å². The molecule has 2 saturated carbocycles. The smallest absolute Gasteiger partial charge is 0.237 e. The van der Waals surface area contributed by atoms with Gasteiger partial charge in [0.15, 0.2) is 0 Å². The van der Waals surface area contributed by atoms with Crippen molar-refractivity contribution in [3.05, 3.63) is 17.7 Å². The number of piperidine rings is 1. The van der Waals surface area contributed by atoms with Gasteiger partial charge in [-0.3, -0.25) is 9.69 Å². The Morgan fingerprint density at radius 3 is 2.64 bits per heavy atom. The van der Waals surface area contributed by atoms with Crippen LogP contribution in [0.15, 0.2) is 12.1 Å². The number of carbonyl (C=O) groups excluding carboxylic acids is 1. The van der Waals surface area contributed by atoms with Crippen LogP contribution in [0.5, 0.6) is 11.8 Å². The van der Waals surface area contributed by atoms with Crippen LogP contribution in [-0.4, -0.2) is 60.1 Å². The molecule has 1 aromatic heterocycles. The highest BCUT2D eigenvalue weighted by atomic mass is 16.5. The average molecular weight is 388 g/mol. The normalized spacial score (nSPS) is 24.8. The van der Waals surface area contributed by atoms with Gasteiger partial charge >= 0.3 is 0 Å². The zero-order valence-corrected chi connectivity index (χ0v) is 17.2. The summed E-state index contributed by atoms with van der Waals surface area (Å²) < 4.78 is 10.7. The molecule has 0 spiro atoms. The number of fused-ring (bicyclic) bond motifs is 1. The Labute approximate surface area is 168 Å². The molecule has 3 fully saturated rings. The van der Waals surface area contributed by atoms with Crippen molar-refractivity contribution in [2.45, 2.75) is 70.0 Å². The van der Waals surface area contributed by atoms with Crippen molar-refractivity contribution in [3.63, 3.8) is 0 Å². The first kappa shape index (κ1) is 19.5. The fourth-order valence-corrected chi connectivity index (χ4v) is 5.03. The molecule has 0 bridgehead atoms. The second-order valence-electron chi connectivity index (χ2n) is 8.50. The van der Waals surface area contributed by atoms with Crippen LogP contribution in [0, 0.1) is 5.92 Å². The van der Waals surface area contributed by atoms with Gasteiger partial charge in [-0.1, -0.05) is 12.8 Å². The number of carbonyl (C=O) groups is 1. The molecule has 0 N–H and O–H groups in total. The topological polar surface area (TPSA) is 54.9 Å². The molecule has 1 saturated heterocycles. The number of rotatable bonds is 7. The van der Waals surface area contributed by atoms with E-state index in [1.165, 1.54) is 44.9 Å². The fraction of sp³-hybridized carbons (Fsp3) is 0.727. The predicted molar refractivity (Wildman–Crippen MR) is 107 cm³/mol. The molecule has 6 heteroatoms. The Bertz CT molecular complexity index is 690. The summed E-state index contributed by atoms with van der Waals surface area (Å²) >= 11 is 0. The summed E-state index contributed by atoms with van der Waals surface area (Å²) in [6.07, 6.45) is 9.90. The largest absolute Gasteiger partial charge is 0.481 e. The van der Waals surface area contributed by atoms with Gasteiger partial charge in [0, 0.05) is 36.8 Å². The highest BCUT2D eigenvalue weighted by Gasteiger charge is 2.38. The fourth-order valence-electron chi connectivity index (χ4n) is 5.03. The highest BCUT2D eigenvalue weighted by Crippen LogP contribution is 2.36. The molecule has 154 valence electrons. The van der Waals surface area contributed by atoms with Crippen molar-refractivity contribution in [1.82, 2.24) is 14.8 Å².